The monoisotopic (exact) mass is 332 g/mol. The highest BCUT2D eigenvalue weighted by molar-refractivity contribution is 6.05. The summed E-state index contributed by atoms with van der Waals surface area (Å²) < 4.78 is 0. The van der Waals surface area contributed by atoms with E-state index in [1.165, 1.54) is 12.1 Å². The topological polar surface area (TPSA) is 125 Å². The molecule has 8 heteroatoms. The Morgan fingerprint density at radius 1 is 1.29 bits per heavy atom. The number of nitrogens with one attached hydrogen (secondary N) is 2. The molecular formula is C16H20N4O4. The maximum Gasteiger partial charge on any atom is 0.255 e. The van der Waals surface area contributed by atoms with Crippen LogP contribution in [-0.4, -0.2) is 52.9 Å². The Bertz CT molecular complexity index is 683. The molecule has 0 radical (unpaired) electrons. The number of likely N-dealkylation sites (tertiary alicyclic amines) is 1. The molecule has 8 nitrogen and oxygen atoms in total. The molecule has 0 bridgehead atoms. The van der Waals surface area contributed by atoms with Crippen LogP contribution in [0, 0.1) is 0 Å². The molecule has 2 fully saturated rings. The standard InChI is InChI=1S/C16H20N4O4/c17-9-1-2-11(13(21)7-9)15(23)18-10-3-5-20(6-4-10)12-8-14(22)19-16(12)24/h1-2,7,10,12,21H,3-6,8,17H2,(H,18,23)(H,19,22,24). The number of amides is 3. The maximum absolute atomic E-state index is 12.2. The van der Waals surface area contributed by atoms with Gasteiger partial charge in [0.15, 0.2) is 0 Å². The van der Waals surface area contributed by atoms with E-state index in [-0.39, 0.29) is 41.5 Å². The van der Waals surface area contributed by atoms with Crippen molar-refractivity contribution in [3.63, 3.8) is 0 Å². The lowest BCUT2D eigenvalue weighted by Crippen LogP contribution is -2.49. The second kappa shape index (κ2) is 6.48. The van der Waals surface area contributed by atoms with Gasteiger partial charge in [-0.1, -0.05) is 0 Å². The number of carbonyl (C=O) groups is 3. The van der Waals surface area contributed by atoms with E-state index in [4.69, 9.17) is 5.73 Å². The van der Waals surface area contributed by atoms with Gasteiger partial charge in [0.2, 0.25) is 11.8 Å². The SMILES string of the molecule is Nc1ccc(C(=O)NC2CCN(C3CC(=O)NC3=O)CC2)c(O)c1. The van der Waals surface area contributed by atoms with Gasteiger partial charge in [-0.15, -0.1) is 0 Å². The highest BCUT2D eigenvalue weighted by Gasteiger charge is 2.37. The molecule has 2 heterocycles. The minimum atomic E-state index is -0.393. The molecule has 0 spiro atoms. The highest BCUT2D eigenvalue weighted by atomic mass is 16.3. The van der Waals surface area contributed by atoms with E-state index < -0.39 is 6.04 Å². The van der Waals surface area contributed by atoms with E-state index in [2.05, 4.69) is 10.6 Å². The van der Waals surface area contributed by atoms with Crippen molar-refractivity contribution in [2.45, 2.75) is 31.3 Å². The van der Waals surface area contributed by atoms with Crippen molar-refractivity contribution in [1.29, 1.82) is 0 Å². The highest BCUT2D eigenvalue weighted by Crippen LogP contribution is 2.22. The molecule has 2 saturated heterocycles. The number of phenolic OH excluding ortho intramolecular Hbond substituents is 1. The zero-order valence-electron chi connectivity index (χ0n) is 13.1. The Kier molecular flexibility index (Phi) is 4.39. The number of hydrogen-bond donors (Lipinski definition) is 4. The average molecular weight is 332 g/mol. The summed E-state index contributed by atoms with van der Waals surface area (Å²) >= 11 is 0. The van der Waals surface area contributed by atoms with Crippen molar-refractivity contribution in [2.75, 3.05) is 18.8 Å². The van der Waals surface area contributed by atoms with E-state index in [0.717, 1.165) is 0 Å². The largest absolute Gasteiger partial charge is 0.507 e. The van der Waals surface area contributed by atoms with E-state index in [1.54, 1.807) is 6.07 Å². The van der Waals surface area contributed by atoms with Crippen LogP contribution in [0.4, 0.5) is 5.69 Å². The van der Waals surface area contributed by atoms with Crippen molar-refractivity contribution in [3.8, 4) is 5.75 Å². The van der Waals surface area contributed by atoms with Crippen LogP contribution in [0.25, 0.3) is 0 Å². The van der Waals surface area contributed by atoms with Crippen molar-refractivity contribution in [1.82, 2.24) is 15.5 Å². The van der Waals surface area contributed by atoms with Crippen LogP contribution in [0.2, 0.25) is 0 Å². The second-order valence-corrected chi connectivity index (χ2v) is 6.19. The Morgan fingerprint density at radius 3 is 2.58 bits per heavy atom. The summed E-state index contributed by atoms with van der Waals surface area (Å²) in [5.74, 6) is -0.973. The van der Waals surface area contributed by atoms with Crippen LogP contribution >= 0.6 is 0 Å². The molecular weight excluding hydrogens is 312 g/mol. The molecule has 1 unspecified atom stereocenters. The molecule has 1 aromatic rings. The number of phenols is 1. The first-order valence-electron chi connectivity index (χ1n) is 7.91. The van der Waals surface area contributed by atoms with Crippen molar-refractivity contribution in [2.24, 2.45) is 0 Å². The Balaban J connectivity index is 1.54. The minimum absolute atomic E-state index is 0.0362. The molecule has 5 N–H and O–H groups in total. The number of benzene rings is 1. The molecule has 3 amide bonds. The summed E-state index contributed by atoms with van der Waals surface area (Å²) in [6.07, 6.45) is 1.56. The van der Waals surface area contributed by atoms with Crippen LogP contribution in [0.5, 0.6) is 5.75 Å². The number of rotatable bonds is 3. The van der Waals surface area contributed by atoms with Gasteiger partial charge in [-0.2, -0.15) is 0 Å². The predicted octanol–water partition coefficient (Wildman–Crippen LogP) is -0.416. The van der Waals surface area contributed by atoms with Crippen molar-refractivity contribution in [3.05, 3.63) is 23.8 Å². The molecule has 2 aliphatic heterocycles. The molecule has 24 heavy (non-hydrogen) atoms. The van der Waals surface area contributed by atoms with E-state index in [1.807, 2.05) is 4.90 Å². The van der Waals surface area contributed by atoms with Crippen molar-refractivity contribution < 1.29 is 19.5 Å². The van der Waals surface area contributed by atoms with Crippen LogP contribution in [0.1, 0.15) is 29.6 Å². The van der Waals surface area contributed by atoms with Crippen LogP contribution in [0.3, 0.4) is 0 Å². The van der Waals surface area contributed by atoms with Crippen molar-refractivity contribution >= 4 is 23.4 Å². The zero-order chi connectivity index (χ0) is 17.3. The Labute approximate surface area is 139 Å². The summed E-state index contributed by atoms with van der Waals surface area (Å²) in [4.78, 5) is 37.2. The number of nitrogens with zero attached hydrogens (tertiary/aromatic N) is 1. The van der Waals surface area contributed by atoms with E-state index >= 15 is 0 Å². The first-order valence-corrected chi connectivity index (χ1v) is 7.91. The first kappa shape index (κ1) is 16.3. The van der Waals surface area contributed by atoms with Crippen LogP contribution in [-0.2, 0) is 9.59 Å². The number of imide groups is 1. The second-order valence-electron chi connectivity index (χ2n) is 6.19. The van der Waals surface area contributed by atoms with Gasteiger partial charge in [0, 0.05) is 30.9 Å². The van der Waals surface area contributed by atoms with E-state index in [9.17, 15) is 19.5 Å². The average Bonchev–Trinajstić information content (AvgIpc) is 2.86. The van der Waals surface area contributed by atoms with Crippen LogP contribution in [0.15, 0.2) is 18.2 Å². The molecule has 0 aliphatic carbocycles. The zero-order valence-corrected chi connectivity index (χ0v) is 13.1. The summed E-state index contributed by atoms with van der Waals surface area (Å²) in [6, 6.07) is 3.96. The van der Waals surface area contributed by atoms with Gasteiger partial charge in [-0.3, -0.25) is 24.6 Å². The molecule has 0 aromatic heterocycles. The summed E-state index contributed by atoms with van der Waals surface area (Å²) in [6.45, 7) is 1.26. The fourth-order valence-corrected chi connectivity index (χ4v) is 3.19. The molecule has 1 aromatic carbocycles. The third-order valence-corrected chi connectivity index (χ3v) is 4.52. The van der Waals surface area contributed by atoms with Gasteiger partial charge in [-0.05, 0) is 25.0 Å². The smallest absolute Gasteiger partial charge is 0.255 e. The fraction of sp³-hybridized carbons (Fsp3) is 0.438. The van der Waals surface area contributed by atoms with Gasteiger partial charge >= 0.3 is 0 Å². The lowest BCUT2D eigenvalue weighted by Gasteiger charge is -2.34. The maximum atomic E-state index is 12.2. The summed E-state index contributed by atoms with van der Waals surface area (Å²) in [7, 11) is 0. The van der Waals surface area contributed by atoms with Gasteiger partial charge < -0.3 is 16.2 Å². The fourth-order valence-electron chi connectivity index (χ4n) is 3.19. The first-order chi connectivity index (χ1) is 11.4. The number of nitrogens with two attached hydrogens (primary N) is 1. The molecule has 2 aliphatic rings. The minimum Gasteiger partial charge on any atom is -0.507 e. The Hall–Kier alpha value is -2.61. The van der Waals surface area contributed by atoms with Crippen LogP contribution < -0.4 is 16.4 Å². The number of aromatic hydroxyl groups is 1. The quantitative estimate of drug-likeness (QED) is 0.440. The third-order valence-electron chi connectivity index (χ3n) is 4.52. The predicted molar refractivity (Wildman–Crippen MR) is 86.1 cm³/mol. The lowest BCUT2D eigenvalue weighted by atomic mass is 10.0. The third kappa shape index (κ3) is 3.33. The number of carbonyl (C=O) groups excluding carboxylic acids is 3. The normalized spacial score (nSPS) is 22.4. The lowest BCUT2D eigenvalue weighted by molar-refractivity contribution is -0.126. The summed E-state index contributed by atoms with van der Waals surface area (Å²) in [5, 5.41) is 15.0. The summed E-state index contributed by atoms with van der Waals surface area (Å²) in [5.41, 5.74) is 6.13. The van der Waals surface area contributed by atoms with Gasteiger partial charge in [0.25, 0.3) is 5.91 Å². The van der Waals surface area contributed by atoms with Gasteiger partial charge in [0.1, 0.15) is 5.75 Å². The van der Waals surface area contributed by atoms with Gasteiger partial charge in [0.05, 0.1) is 18.0 Å². The number of hydrogen-bond acceptors (Lipinski definition) is 6. The molecule has 0 saturated carbocycles. The van der Waals surface area contributed by atoms with Gasteiger partial charge in [-0.25, -0.2) is 0 Å². The molecule has 1 atom stereocenters. The number of piperidine rings is 1. The van der Waals surface area contributed by atoms with E-state index in [0.29, 0.717) is 31.6 Å². The number of anilines is 1. The molecule has 128 valence electrons. The Morgan fingerprint density at radius 2 is 2.00 bits per heavy atom. The molecule has 3 rings (SSSR count). The number of nitrogen functional groups attached to an aromatic ring is 1.